The van der Waals surface area contributed by atoms with Crippen LogP contribution in [0, 0.1) is 12.8 Å². The molecular formula is C11H20ClN3. The van der Waals surface area contributed by atoms with Crippen molar-refractivity contribution in [2.45, 2.75) is 27.2 Å². The first-order valence-electron chi connectivity index (χ1n) is 5.41. The molecule has 0 saturated heterocycles. The van der Waals surface area contributed by atoms with Crippen LogP contribution in [0.25, 0.3) is 0 Å². The minimum absolute atomic E-state index is 0.690. The molecule has 4 heteroatoms. The third kappa shape index (κ3) is 3.50. The summed E-state index contributed by atoms with van der Waals surface area (Å²) < 4.78 is 1.73. The second kappa shape index (κ2) is 5.52. The molecule has 0 aromatic carbocycles. The molecule has 0 radical (unpaired) electrons. The molecule has 0 atom stereocenters. The highest BCUT2D eigenvalue weighted by Crippen LogP contribution is 2.18. The molecule has 86 valence electrons. The van der Waals surface area contributed by atoms with Gasteiger partial charge in [-0.1, -0.05) is 25.4 Å². The van der Waals surface area contributed by atoms with Crippen molar-refractivity contribution >= 4 is 11.6 Å². The number of hydrogen-bond donors (Lipinski definition) is 1. The van der Waals surface area contributed by atoms with Crippen molar-refractivity contribution in [3.8, 4) is 0 Å². The normalized spacial score (nSPS) is 11.3. The van der Waals surface area contributed by atoms with Crippen LogP contribution >= 0.6 is 11.6 Å². The molecule has 0 saturated carbocycles. The number of nitrogens with one attached hydrogen (secondary N) is 1. The summed E-state index contributed by atoms with van der Waals surface area (Å²) in [6.45, 7) is 8.43. The molecule has 0 amide bonds. The van der Waals surface area contributed by atoms with E-state index < -0.39 is 0 Å². The Morgan fingerprint density at radius 2 is 2.13 bits per heavy atom. The Kier molecular flexibility index (Phi) is 4.61. The Morgan fingerprint density at radius 1 is 1.47 bits per heavy atom. The van der Waals surface area contributed by atoms with Crippen LogP contribution in [0.5, 0.6) is 0 Å². The topological polar surface area (TPSA) is 29.9 Å². The molecule has 3 nitrogen and oxygen atoms in total. The van der Waals surface area contributed by atoms with E-state index in [0.717, 1.165) is 35.9 Å². The zero-order valence-corrected chi connectivity index (χ0v) is 10.7. The summed E-state index contributed by atoms with van der Waals surface area (Å²) in [6, 6.07) is 0. The fourth-order valence-corrected chi connectivity index (χ4v) is 1.83. The van der Waals surface area contributed by atoms with Crippen molar-refractivity contribution < 1.29 is 0 Å². The van der Waals surface area contributed by atoms with Crippen LogP contribution in [0.3, 0.4) is 0 Å². The zero-order chi connectivity index (χ0) is 11.4. The Hall–Kier alpha value is -0.540. The van der Waals surface area contributed by atoms with Gasteiger partial charge in [0, 0.05) is 12.6 Å². The van der Waals surface area contributed by atoms with Crippen molar-refractivity contribution in [3.63, 3.8) is 0 Å². The quantitative estimate of drug-likeness (QED) is 0.785. The average Bonchev–Trinajstić information content (AvgIpc) is 2.37. The third-order valence-corrected chi connectivity index (χ3v) is 2.85. The molecule has 1 rings (SSSR count). The lowest BCUT2D eigenvalue weighted by Gasteiger charge is -2.06. The first-order chi connectivity index (χ1) is 7.02. The van der Waals surface area contributed by atoms with Gasteiger partial charge >= 0.3 is 0 Å². The highest BCUT2D eigenvalue weighted by atomic mass is 35.5. The summed E-state index contributed by atoms with van der Waals surface area (Å²) in [5.74, 6) is 0.690. The predicted octanol–water partition coefficient (Wildman–Crippen LogP) is 2.17. The molecule has 1 N–H and O–H groups in total. The fraction of sp³-hybridized carbons (Fsp3) is 0.727. The molecule has 0 aliphatic carbocycles. The van der Waals surface area contributed by atoms with E-state index in [0.29, 0.717) is 5.92 Å². The van der Waals surface area contributed by atoms with Gasteiger partial charge in [-0.05, 0) is 32.4 Å². The first-order valence-corrected chi connectivity index (χ1v) is 5.78. The standard InChI is InChI=1S/C11H20ClN3/c1-8(2)7-13-6-5-10-9(3)14-15(4)11(10)12/h8,13H,5-7H2,1-4H3. The smallest absolute Gasteiger partial charge is 0.130 e. The molecule has 0 spiro atoms. The molecule has 0 unspecified atom stereocenters. The minimum atomic E-state index is 0.690. The van der Waals surface area contributed by atoms with Gasteiger partial charge in [-0.2, -0.15) is 5.10 Å². The van der Waals surface area contributed by atoms with E-state index in [9.17, 15) is 0 Å². The first kappa shape index (κ1) is 12.5. The molecular weight excluding hydrogens is 210 g/mol. The van der Waals surface area contributed by atoms with E-state index in [1.165, 1.54) is 0 Å². The molecule has 15 heavy (non-hydrogen) atoms. The van der Waals surface area contributed by atoms with E-state index >= 15 is 0 Å². The molecule has 0 fully saturated rings. The maximum absolute atomic E-state index is 6.13. The van der Waals surface area contributed by atoms with Crippen LogP contribution in [-0.4, -0.2) is 22.9 Å². The van der Waals surface area contributed by atoms with Crippen LogP contribution < -0.4 is 5.32 Å². The van der Waals surface area contributed by atoms with Gasteiger partial charge in [-0.15, -0.1) is 0 Å². The zero-order valence-electron chi connectivity index (χ0n) is 9.97. The Bertz CT molecular complexity index is 318. The number of aryl methyl sites for hydroxylation is 2. The number of rotatable bonds is 5. The van der Waals surface area contributed by atoms with E-state index in [1.54, 1.807) is 4.68 Å². The number of nitrogens with zero attached hydrogens (tertiary/aromatic N) is 2. The molecule has 1 aromatic heterocycles. The Balaban J connectivity index is 2.44. The highest BCUT2D eigenvalue weighted by molar-refractivity contribution is 6.30. The monoisotopic (exact) mass is 229 g/mol. The van der Waals surface area contributed by atoms with E-state index in [-0.39, 0.29) is 0 Å². The summed E-state index contributed by atoms with van der Waals surface area (Å²) >= 11 is 6.13. The molecule has 1 aromatic rings. The van der Waals surface area contributed by atoms with Crippen molar-refractivity contribution in [1.82, 2.24) is 15.1 Å². The van der Waals surface area contributed by atoms with Gasteiger partial charge in [0.05, 0.1) is 5.69 Å². The summed E-state index contributed by atoms with van der Waals surface area (Å²) in [6.07, 6.45) is 0.950. The second-order valence-electron chi connectivity index (χ2n) is 4.33. The van der Waals surface area contributed by atoms with Crippen molar-refractivity contribution in [3.05, 3.63) is 16.4 Å². The number of hydrogen-bond acceptors (Lipinski definition) is 2. The predicted molar refractivity (Wildman–Crippen MR) is 64.4 cm³/mol. The summed E-state index contributed by atoms with van der Waals surface area (Å²) in [5, 5.41) is 8.45. The van der Waals surface area contributed by atoms with Crippen LogP contribution in [0.15, 0.2) is 0 Å². The van der Waals surface area contributed by atoms with Gasteiger partial charge in [0.1, 0.15) is 5.15 Å². The van der Waals surface area contributed by atoms with E-state index in [4.69, 9.17) is 11.6 Å². The lowest BCUT2D eigenvalue weighted by atomic mass is 10.2. The average molecular weight is 230 g/mol. The van der Waals surface area contributed by atoms with Crippen LogP contribution in [-0.2, 0) is 13.5 Å². The molecule has 0 bridgehead atoms. The summed E-state index contributed by atoms with van der Waals surface area (Å²) in [5.41, 5.74) is 2.20. The van der Waals surface area contributed by atoms with Gasteiger partial charge < -0.3 is 5.32 Å². The molecule has 0 aliphatic rings. The molecule has 1 heterocycles. The van der Waals surface area contributed by atoms with Gasteiger partial charge in [-0.3, -0.25) is 4.68 Å². The summed E-state index contributed by atoms with van der Waals surface area (Å²) in [7, 11) is 1.88. The van der Waals surface area contributed by atoms with Gasteiger partial charge in [-0.25, -0.2) is 0 Å². The fourth-order valence-electron chi connectivity index (χ4n) is 1.56. The van der Waals surface area contributed by atoms with Crippen molar-refractivity contribution in [1.29, 1.82) is 0 Å². The maximum atomic E-state index is 6.13. The van der Waals surface area contributed by atoms with Crippen molar-refractivity contribution in [2.24, 2.45) is 13.0 Å². The maximum Gasteiger partial charge on any atom is 0.130 e. The van der Waals surface area contributed by atoms with Crippen LogP contribution in [0.4, 0.5) is 0 Å². The van der Waals surface area contributed by atoms with E-state index in [2.05, 4.69) is 24.3 Å². The molecule has 0 aliphatic heterocycles. The number of aromatic nitrogens is 2. The lowest BCUT2D eigenvalue weighted by molar-refractivity contribution is 0.554. The van der Waals surface area contributed by atoms with Gasteiger partial charge in [0.15, 0.2) is 0 Å². The van der Waals surface area contributed by atoms with Gasteiger partial charge in [0.2, 0.25) is 0 Å². The summed E-state index contributed by atoms with van der Waals surface area (Å²) in [4.78, 5) is 0. The Labute approximate surface area is 96.8 Å². The Morgan fingerprint density at radius 3 is 2.60 bits per heavy atom. The van der Waals surface area contributed by atoms with Crippen LogP contribution in [0.1, 0.15) is 25.1 Å². The van der Waals surface area contributed by atoms with Gasteiger partial charge in [0.25, 0.3) is 0 Å². The SMILES string of the molecule is Cc1nn(C)c(Cl)c1CCNCC(C)C. The van der Waals surface area contributed by atoms with E-state index in [1.807, 2.05) is 14.0 Å². The third-order valence-electron chi connectivity index (χ3n) is 2.37. The van der Waals surface area contributed by atoms with Crippen LogP contribution in [0.2, 0.25) is 5.15 Å². The number of halogens is 1. The minimum Gasteiger partial charge on any atom is -0.316 e. The van der Waals surface area contributed by atoms with Crippen molar-refractivity contribution in [2.75, 3.05) is 13.1 Å². The second-order valence-corrected chi connectivity index (χ2v) is 4.68. The largest absolute Gasteiger partial charge is 0.316 e. The highest BCUT2D eigenvalue weighted by Gasteiger charge is 2.10. The lowest BCUT2D eigenvalue weighted by Crippen LogP contribution is -2.22.